The Kier molecular flexibility index (Phi) is 15.2. The summed E-state index contributed by atoms with van der Waals surface area (Å²) in [5, 5.41) is 21.4. The first-order chi connectivity index (χ1) is 28.4. The van der Waals surface area contributed by atoms with Crippen LogP contribution in [0, 0.1) is 0 Å². The second-order valence-electron chi connectivity index (χ2n) is 15.2. The molecule has 0 bridgehead atoms. The van der Waals surface area contributed by atoms with Crippen LogP contribution in [-0.2, 0) is 10.8 Å². The number of hydrogen-bond donors (Lipinski definition) is 2. The van der Waals surface area contributed by atoms with Crippen molar-refractivity contribution < 1.29 is 10.0 Å². The van der Waals surface area contributed by atoms with Gasteiger partial charge < -0.3 is 10.0 Å². The molecular weight excluding hydrogens is 748 g/mol. The molecule has 60 heavy (non-hydrogen) atoms. The Labute approximate surface area is 367 Å². The molecule has 0 spiro atoms. The highest BCUT2D eigenvalue weighted by Gasteiger charge is 2.36. The zero-order valence-corrected chi connectivity index (χ0v) is 35.0. The molecule has 0 amide bonds. The molecule has 10 rings (SSSR count). The number of para-hydroxylation sites is 2. The first-order valence-electron chi connectivity index (χ1n) is 19.2. The molecule has 4 nitrogen and oxygen atoms in total. The molecule has 12 radical (unpaired) electrons. The third-order valence-electron chi connectivity index (χ3n) is 10.9. The molecule has 2 aliphatic carbocycles. The fourth-order valence-corrected chi connectivity index (χ4v) is 8.17. The standard InChI is InChI=1S/C24H19N.C15H15BO2.C9H6ClN.B3.B2.B/c1-24(2)20-9-5-4-8-18(20)19-13-11-17(15-21(19)24)23-14-12-16-7-3-6-10-22(16)25-23;1-15(2)13-6-4-3-5-11(13)12-8-7-10(16(17)18)9-14(12)15;10-9-6-5-7-3-1-2-4-8(7)11-9;1-3-2;1-2;/h3-15H,1-2H3;3-9,17-18H,1-2H3;1-6H;;;. The van der Waals surface area contributed by atoms with Crippen LogP contribution in [0.15, 0.2) is 158 Å². The van der Waals surface area contributed by atoms with Gasteiger partial charge in [-0.05, 0) is 86.4 Å². The molecule has 282 valence electrons. The van der Waals surface area contributed by atoms with Crippen molar-refractivity contribution in [3.8, 4) is 33.5 Å². The minimum atomic E-state index is -1.41. The monoisotopic (exact) mass is 788 g/mol. The maximum Gasteiger partial charge on any atom is 0.488 e. The number of benzene rings is 6. The number of nitrogens with zero attached hydrogens (tertiary/aromatic N) is 2. The number of rotatable bonds is 2. The summed E-state index contributed by atoms with van der Waals surface area (Å²) in [6.45, 7) is 8.97. The van der Waals surface area contributed by atoms with Crippen LogP contribution in [0.1, 0.15) is 49.9 Å². The summed E-state index contributed by atoms with van der Waals surface area (Å²) in [5.74, 6) is 0. The third kappa shape index (κ3) is 9.40. The van der Waals surface area contributed by atoms with E-state index in [0.717, 1.165) is 34.7 Å². The van der Waals surface area contributed by atoms with E-state index in [4.69, 9.17) is 16.6 Å². The Morgan fingerprint density at radius 1 is 0.517 bits per heavy atom. The van der Waals surface area contributed by atoms with Crippen molar-refractivity contribution in [2.45, 2.75) is 38.5 Å². The third-order valence-corrected chi connectivity index (χ3v) is 11.2. The van der Waals surface area contributed by atoms with E-state index in [0.29, 0.717) is 10.6 Å². The molecule has 0 saturated heterocycles. The lowest BCUT2D eigenvalue weighted by Gasteiger charge is -2.21. The summed E-state index contributed by atoms with van der Waals surface area (Å²) < 4.78 is 0. The fraction of sp³-hybridized carbons (Fsp3) is 0.125. The topological polar surface area (TPSA) is 66.2 Å². The van der Waals surface area contributed by atoms with Gasteiger partial charge in [0.05, 0.1) is 16.7 Å². The fourth-order valence-electron chi connectivity index (χ4n) is 8.01. The van der Waals surface area contributed by atoms with E-state index in [1.807, 2.05) is 60.7 Å². The quantitative estimate of drug-likeness (QED) is 0.136. The molecule has 0 saturated carbocycles. The van der Waals surface area contributed by atoms with E-state index in [-0.39, 0.29) is 19.2 Å². The summed E-state index contributed by atoms with van der Waals surface area (Å²) in [7, 11) is 16.6. The molecule has 2 aliphatic rings. The van der Waals surface area contributed by atoms with E-state index in [1.54, 1.807) is 12.1 Å². The molecular formula is C48H40B7ClN2O2. The van der Waals surface area contributed by atoms with Gasteiger partial charge in [0.1, 0.15) is 5.15 Å². The SMILES string of the molecule is CC1(C)c2ccccc2-c2ccc(-c3ccc4ccccc4n3)cc21.CC1(C)c2ccccc2-c2ccc(B(O)O)cc21.Clc1ccc2ccccc2n1.[B].[B][B].[B][B][B]. The van der Waals surface area contributed by atoms with Gasteiger partial charge in [-0.25, -0.2) is 9.97 Å². The Balaban J connectivity index is 0.000000171. The average Bonchev–Trinajstić information content (AvgIpc) is 3.64. The molecule has 2 aromatic heterocycles. The molecule has 8 aromatic rings. The Bertz CT molecular complexity index is 2730. The highest BCUT2D eigenvalue weighted by Crippen LogP contribution is 2.50. The smallest absolute Gasteiger partial charge is 0.423 e. The van der Waals surface area contributed by atoms with Crippen LogP contribution in [0.3, 0.4) is 0 Å². The predicted octanol–water partition coefficient (Wildman–Crippen LogP) is 8.48. The second-order valence-corrected chi connectivity index (χ2v) is 15.6. The normalized spacial score (nSPS) is 12.7. The van der Waals surface area contributed by atoms with Gasteiger partial charge in [-0.1, -0.05) is 161 Å². The summed E-state index contributed by atoms with van der Waals surface area (Å²) in [6, 6.07) is 53.8. The Hall–Kier alpha value is -5.20. The average molecular weight is 788 g/mol. The van der Waals surface area contributed by atoms with E-state index < -0.39 is 7.12 Å². The summed E-state index contributed by atoms with van der Waals surface area (Å²) in [5.41, 5.74) is 15.1. The summed E-state index contributed by atoms with van der Waals surface area (Å²) >= 11 is 5.71. The molecule has 0 unspecified atom stereocenters. The van der Waals surface area contributed by atoms with Crippen LogP contribution >= 0.6 is 11.6 Å². The first-order valence-corrected chi connectivity index (χ1v) is 19.6. The van der Waals surface area contributed by atoms with Crippen molar-refractivity contribution in [2.24, 2.45) is 0 Å². The van der Waals surface area contributed by atoms with Gasteiger partial charge in [0.2, 0.25) is 0 Å². The molecule has 0 fully saturated rings. The molecule has 12 heteroatoms. The number of fused-ring (bicyclic) bond motifs is 8. The number of hydrogen-bond acceptors (Lipinski definition) is 4. The molecule has 0 aliphatic heterocycles. The number of aromatic nitrogens is 2. The predicted molar refractivity (Wildman–Crippen MR) is 260 cm³/mol. The summed E-state index contributed by atoms with van der Waals surface area (Å²) in [4.78, 5) is 9.01. The maximum absolute atomic E-state index is 9.30. The van der Waals surface area contributed by atoms with Crippen molar-refractivity contribution in [1.82, 2.24) is 9.97 Å². The van der Waals surface area contributed by atoms with Crippen LogP contribution in [0.2, 0.25) is 5.15 Å². The van der Waals surface area contributed by atoms with Crippen LogP contribution < -0.4 is 5.46 Å². The van der Waals surface area contributed by atoms with Crippen molar-refractivity contribution in [2.75, 3.05) is 0 Å². The van der Waals surface area contributed by atoms with Gasteiger partial charge in [0, 0.05) is 73.6 Å². The van der Waals surface area contributed by atoms with Crippen molar-refractivity contribution >= 4 is 92.4 Å². The minimum absolute atomic E-state index is 0. The first kappa shape index (κ1) is 45.9. The lowest BCUT2D eigenvalue weighted by atomic mass is 9.40. The second kappa shape index (κ2) is 19.9. The van der Waals surface area contributed by atoms with Gasteiger partial charge in [-0.15, -0.1) is 0 Å². The van der Waals surface area contributed by atoms with Gasteiger partial charge in [0.25, 0.3) is 0 Å². The van der Waals surface area contributed by atoms with Gasteiger partial charge >= 0.3 is 7.12 Å². The van der Waals surface area contributed by atoms with Gasteiger partial charge in [-0.2, -0.15) is 0 Å². The number of pyridine rings is 2. The lowest BCUT2D eigenvalue weighted by molar-refractivity contribution is 0.425. The zero-order valence-electron chi connectivity index (χ0n) is 34.2. The Morgan fingerprint density at radius 2 is 0.950 bits per heavy atom. The zero-order chi connectivity index (χ0) is 42.3. The van der Waals surface area contributed by atoms with Crippen LogP contribution in [0.25, 0.3) is 55.3 Å². The molecule has 2 heterocycles. The minimum Gasteiger partial charge on any atom is -0.423 e. The molecule has 6 aromatic carbocycles. The van der Waals surface area contributed by atoms with Crippen LogP contribution in [-0.4, -0.2) is 73.6 Å². The maximum atomic E-state index is 9.30. The van der Waals surface area contributed by atoms with E-state index in [1.165, 1.54) is 49.9 Å². The molecule has 2 N–H and O–H groups in total. The van der Waals surface area contributed by atoms with Crippen molar-refractivity contribution in [3.63, 3.8) is 0 Å². The lowest BCUT2D eigenvalue weighted by Crippen LogP contribution is -2.31. The van der Waals surface area contributed by atoms with Crippen molar-refractivity contribution in [1.29, 1.82) is 0 Å². The highest BCUT2D eigenvalue weighted by molar-refractivity contribution is 7.17. The van der Waals surface area contributed by atoms with E-state index in [2.05, 4.69) is 149 Å². The van der Waals surface area contributed by atoms with Crippen molar-refractivity contribution in [3.05, 3.63) is 185 Å². The Morgan fingerprint density at radius 3 is 1.50 bits per heavy atom. The van der Waals surface area contributed by atoms with Gasteiger partial charge in [0.15, 0.2) is 0 Å². The summed E-state index contributed by atoms with van der Waals surface area (Å²) in [6.07, 6.45) is 0. The number of halogens is 1. The van der Waals surface area contributed by atoms with Crippen LogP contribution in [0.4, 0.5) is 0 Å². The largest absolute Gasteiger partial charge is 0.488 e. The van der Waals surface area contributed by atoms with Crippen LogP contribution in [0.5, 0.6) is 0 Å². The van der Waals surface area contributed by atoms with E-state index >= 15 is 0 Å². The van der Waals surface area contributed by atoms with Gasteiger partial charge in [-0.3, -0.25) is 0 Å². The molecule has 0 atom stereocenters. The highest BCUT2D eigenvalue weighted by atomic mass is 35.5. The van der Waals surface area contributed by atoms with E-state index in [9.17, 15) is 10.0 Å².